The second-order valence-corrected chi connectivity index (χ2v) is 4.81. The minimum Gasteiger partial charge on any atom is -0.397 e. The maximum Gasteiger partial charge on any atom is 0.160 e. The minimum absolute atomic E-state index is 0.299. The van der Waals surface area contributed by atoms with E-state index in [2.05, 4.69) is 22.1 Å². The van der Waals surface area contributed by atoms with E-state index in [9.17, 15) is 0 Å². The molecule has 6 nitrogen and oxygen atoms in total. The lowest BCUT2D eigenvalue weighted by Gasteiger charge is -2.26. The second-order valence-electron chi connectivity index (χ2n) is 4.81. The third-order valence-corrected chi connectivity index (χ3v) is 3.60. The van der Waals surface area contributed by atoms with Crippen molar-refractivity contribution in [2.75, 3.05) is 30.3 Å². The number of aromatic nitrogens is 2. The first kappa shape index (κ1) is 12.2. The minimum atomic E-state index is 0.299. The van der Waals surface area contributed by atoms with Crippen LogP contribution in [-0.2, 0) is 4.74 Å². The van der Waals surface area contributed by atoms with Gasteiger partial charge in [-0.3, -0.25) is 0 Å². The summed E-state index contributed by atoms with van der Waals surface area (Å²) in [5, 5.41) is 7.83. The van der Waals surface area contributed by atoms with Gasteiger partial charge in [0.05, 0.1) is 17.5 Å². The number of fused-ring (bicyclic) bond motifs is 1. The Labute approximate surface area is 111 Å². The lowest BCUT2D eigenvalue weighted by atomic mass is 10.2. The van der Waals surface area contributed by atoms with Crippen molar-refractivity contribution in [3.8, 4) is 0 Å². The molecule has 1 saturated heterocycles. The van der Waals surface area contributed by atoms with Gasteiger partial charge in [-0.15, -0.1) is 0 Å². The molecule has 0 spiro atoms. The summed E-state index contributed by atoms with van der Waals surface area (Å²) < 4.78 is 10.5. The summed E-state index contributed by atoms with van der Waals surface area (Å²) in [6, 6.07) is 3.82. The third-order valence-electron chi connectivity index (χ3n) is 3.60. The van der Waals surface area contributed by atoms with E-state index in [0.29, 0.717) is 17.3 Å². The van der Waals surface area contributed by atoms with Crippen LogP contribution in [0, 0.1) is 0 Å². The molecule has 2 heterocycles. The number of rotatable bonds is 4. The highest BCUT2D eigenvalue weighted by atomic mass is 16.6. The van der Waals surface area contributed by atoms with Crippen molar-refractivity contribution >= 4 is 22.4 Å². The van der Waals surface area contributed by atoms with Crippen LogP contribution in [-0.4, -0.2) is 36.1 Å². The van der Waals surface area contributed by atoms with Gasteiger partial charge in [-0.1, -0.05) is 0 Å². The summed E-state index contributed by atoms with van der Waals surface area (Å²) in [5.74, 6) is 0. The number of hydrogen-bond acceptors (Lipinski definition) is 6. The summed E-state index contributed by atoms with van der Waals surface area (Å²) in [6.07, 6.45) is 2.56. The Balaban J connectivity index is 1.92. The SMILES string of the molecule is CCN(CC1CCCO1)c1ccc(N)c2nonc12. The Morgan fingerprint density at radius 2 is 2.21 bits per heavy atom. The first-order chi connectivity index (χ1) is 9.29. The molecule has 2 N–H and O–H groups in total. The van der Waals surface area contributed by atoms with Crippen LogP contribution in [0.5, 0.6) is 0 Å². The fourth-order valence-electron chi connectivity index (χ4n) is 2.56. The van der Waals surface area contributed by atoms with E-state index in [1.54, 1.807) is 0 Å². The molecular weight excluding hydrogens is 244 g/mol. The Bertz CT molecular complexity index is 563. The maximum atomic E-state index is 5.87. The van der Waals surface area contributed by atoms with E-state index in [-0.39, 0.29) is 0 Å². The van der Waals surface area contributed by atoms with Crippen molar-refractivity contribution < 1.29 is 9.37 Å². The highest BCUT2D eigenvalue weighted by Gasteiger charge is 2.21. The number of anilines is 2. The average molecular weight is 262 g/mol. The van der Waals surface area contributed by atoms with E-state index in [1.807, 2.05) is 12.1 Å². The molecule has 1 unspecified atom stereocenters. The molecule has 1 aromatic carbocycles. The molecule has 102 valence electrons. The Hall–Kier alpha value is -1.82. The van der Waals surface area contributed by atoms with E-state index in [1.165, 1.54) is 0 Å². The zero-order chi connectivity index (χ0) is 13.2. The molecule has 1 aliphatic heterocycles. The standard InChI is InChI=1S/C13H18N4O2/c1-2-17(8-9-4-3-7-18-9)11-6-5-10(14)12-13(11)16-19-15-12/h5-6,9H,2-4,7-8,14H2,1H3. The lowest BCUT2D eigenvalue weighted by molar-refractivity contribution is 0.116. The highest BCUT2D eigenvalue weighted by molar-refractivity contribution is 5.95. The van der Waals surface area contributed by atoms with Crippen LogP contribution in [0.4, 0.5) is 11.4 Å². The number of nitrogens with zero attached hydrogens (tertiary/aromatic N) is 3. The fourth-order valence-corrected chi connectivity index (χ4v) is 2.56. The number of benzene rings is 1. The normalized spacial score (nSPS) is 19.1. The molecule has 1 fully saturated rings. The summed E-state index contributed by atoms with van der Waals surface area (Å²) in [5.41, 5.74) is 8.81. The van der Waals surface area contributed by atoms with Gasteiger partial charge >= 0.3 is 0 Å². The first-order valence-electron chi connectivity index (χ1n) is 6.67. The van der Waals surface area contributed by atoms with Gasteiger partial charge in [0, 0.05) is 19.7 Å². The zero-order valence-corrected chi connectivity index (χ0v) is 11.0. The van der Waals surface area contributed by atoms with Crippen LogP contribution in [0.25, 0.3) is 11.0 Å². The predicted octanol–water partition coefficient (Wildman–Crippen LogP) is 1.81. The first-order valence-corrected chi connectivity index (χ1v) is 6.67. The van der Waals surface area contributed by atoms with Gasteiger partial charge in [0.2, 0.25) is 0 Å². The Morgan fingerprint density at radius 3 is 2.95 bits per heavy atom. The van der Waals surface area contributed by atoms with Gasteiger partial charge in [0.1, 0.15) is 0 Å². The smallest absolute Gasteiger partial charge is 0.160 e. The van der Waals surface area contributed by atoms with Crippen LogP contribution in [0.3, 0.4) is 0 Å². The van der Waals surface area contributed by atoms with Gasteiger partial charge in [-0.05, 0) is 42.2 Å². The molecule has 0 saturated carbocycles. The van der Waals surface area contributed by atoms with Gasteiger partial charge in [0.15, 0.2) is 11.0 Å². The van der Waals surface area contributed by atoms with Gasteiger partial charge in [-0.2, -0.15) is 0 Å². The largest absolute Gasteiger partial charge is 0.397 e. The van der Waals surface area contributed by atoms with E-state index in [4.69, 9.17) is 15.1 Å². The van der Waals surface area contributed by atoms with E-state index in [0.717, 1.165) is 43.7 Å². The summed E-state index contributed by atoms with van der Waals surface area (Å²) in [7, 11) is 0. The van der Waals surface area contributed by atoms with Crippen LogP contribution >= 0.6 is 0 Å². The van der Waals surface area contributed by atoms with Crippen LogP contribution in [0.2, 0.25) is 0 Å². The number of likely N-dealkylation sites (N-methyl/N-ethyl adjacent to an activating group) is 1. The van der Waals surface area contributed by atoms with Crippen molar-refractivity contribution in [2.24, 2.45) is 0 Å². The van der Waals surface area contributed by atoms with Crippen molar-refractivity contribution in [1.29, 1.82) is 0 Å². The van der Waals surface area contributed by atoms with Crippen LogP contribution in [0.15, 0.2) is 16.8 Å². The molecule has 3 rings (SSSR count). The van der Waals surface area contributed by atoms with Crippen molar-refractivity contribution in [3.63, 3.8) is 0 Å². The molecule has 1 atom stereocenters. The van der Waals surface area contributed by atoms with Crippen LogP contribution < -0.4 is 10.6 Å². The Morgan fingerprint density at radius 1 is 1.37 bits per heavy atom. The number of nitrogen functional groups attached to an aromatic ring is 1. The fraction of sp³-hybridized carbons (Fsp3) is 0.538. The maximum absolute atomic E-state index is 5.87. The molecule has 0 bridgehead atoms. The molecule has 2 aromatic rings. The second kappa shape index (κ2) is 5.05. The summed E-state index contributed by atoms with van der Waals surface area (Å²) >= 11 is 0. The molecular formula is C13H18N4O2. The summed E-state index contributed by atoms with van der Waals surface area (Å²) in [6.45, 7) is 4.73. The zero-order valence-electron chi connectivity index (χ0n) is 11.0. The van der Waals surface area contributed by atoms with Crippen LogP contribution in [0.1, 0.15) is 19.8 Å². The quantitative estimate of drug-likeness (QED) is 0.847. The van der Waals surface area contributed by atoms with E-state index < -0.39 is 0 Å². The molecule has 6 heteroatoms. The lowest BCUT2D eigenvalue weighted by Crippen LogP contribution is -2.32. The molecule has 1 aliphatic rings. The highest BCUT2D eigenvalue weighted by Crippen LogP contribution is 2.29. The van der Waals surface area contributed by atoms with Crippen molar-refractivity contribution in [1.82, 2.24) is 10.3 Å². The molecule has 0 radical (unpaired) electrons. The van der Waals surface area contributed by atoms with Gasteiger partial charge in [0.25, 0.3) is 0 Å². The van der Waals surface area contributed by atoms with E-state index >= 15 is 0 Å². The van der Waals surface area contributed by atoms with Gasteiger partial charge < -0.3 is 15.4 Å². The number of ether oxygens (including phenoxy) is 1. The third kappa shape index (κ3) is 2.23. The molecule has 0 amide bonds. The Kier molecular flexibility index (Phi) is 3.25. The molecule has 1 aromatic heterocycles. The average Bonchev–Trinajstić information content (AvgIpc) is 3.08. The van der Waals surface area contributed by atoms with Gasteiger partial charge in [-0.25, -0.2) is 4.63 Å². The summed E-state index contributed by atoms with van der Waals surface area (Å²) in [4.78, 5) is 2.24. The predicted molar refractivity (Wildman–Crippen MR) is 73.1 cm³/mol. The van der Waals surface area contributed by atoms with Crippen molar-refractivity contribution in [2.45, 2.75) is 25.9 Å². The number of nitrogens with two attached hydrogens (primary N) is 1. The molecule has 0 aliphatic carbocycles. The monoisotopic (exact) mass is 262 g/mol. The molecule has 19 heavy (non-hydrogen) atoms. The number of hydrogen-bond donors (Lipinski definition) is 1. The topological polar surface area (TPSA) is 77.4 Å². The van der Waals surface area contributed by atoms with Crippen molar-refractivity contribution in [3.05, 3.63) is 12.1 Å².